The molecule has 1 saturated heterocycles. The van der Waals surface area contributed by atoms with Crippen molar-refractivity contribution in [2.24, 2.45) is 5.92 Å². The van der Waals surface area contributed by atoms with Crippen LogP contribution in [0.3, 0.4) is 0 Å². The van der Waals surface area contributed by atoms with E-state index in [1.165, 1.54) is 38.6 Å². The highest BCUT2D eigenvalue weighted by Crippen LogP contribution is 2.34. The zero-order valence-electron chi connectivity index (χ0n) is 11.4. The van der Waals surface area contributed by atoms with Gasteiger partial charge in [0.2, 0.25) is 0 Å². The molecule has 0 aromatic carbocycles. The molecule has 2 unspecified atom stereocenters. The molecule has 0 amide bonds. The van der Waals surface area contributed by atoms with Gasteiger partial charge in [-0.15, -0.1) is 0 Å². The summed E-state index contributed by atoms with van der Waals surface area (Å²) in [5.74, 6) is 0.897. The van der Waals surface area contributed by atoms with Crippen LogP contribution in [-0.4, -0.2) is 36.1 Å². The molecule has 2 fully saturated rings. The van der Waals surface area contributed by atoms with Crippen molar-refractivity contribution in [3.05, 3.63) is 0 Å². The lowest BCUT2D eigenvalue weighted by Gasteiger charge is -2.36. The zero-order valence-corrected chi connectivity index (χ0v) is 11.4. The van der Waals surface area contributed by atoms with E-state index in [1.807, 2.05) is 0 Å². The highest BCUT2D eigenvalue weighted by molar-refractivity contribution is 4.95. The first-order valence-electron chi connectivity index (χ1n) is 6.97. The molecule has 0 aromatic rings. The molecule has 2 rings (SSSR count). The highest BCUT2D eigenvalue weighted by Gasteiger charge is 2.36. The third kappa shape index (κ3) is 2.60. The van der Waals surface area contributed by atoms with Gasteiger partial charge in [0.05, 0.1) is 0 Å². The van der Waals surface area contributed by atoms with Gasteiger partial charge in [-0.3, -0.25) is 0 Å². The lowest BCUT2D eigenvalue weighted by molar-refractivity contribution is 0.228. The number of rotatable bonds is 3. The molecule has 1 aliphatic heterocycles. The van der Waals surface area contributed by atoms with Crippen LogP contribution >= 0.6 is 0 Å². The fourth-order valence-electron chi connectivity index (χ4n) is 3.59. The third-order valence-electron chi connectivity index (χ3n) is 4.84. The summed E-state index contributed by atoms with van der Waals surface area (Å²) in [6, 6.07) is 1.45. The van der Waals surface area contributed by atoms with E-state index < -0.39 is 0 Å². The standard InChI is InChI=1S/C14H28N2/c1-11-9-13(10-16(11)4)15-14(2,3)12-7-5-6-8-12/h11-13,15H,5-10H2,1-4H3. The molecule has 1 heterocycles. The largest absolute Gasteiger partial charge is 0.307 e. The van der Waals surface area contributed by atoms with Crippen molar-refractivity contribution in [3.63, 3.8) is 0 Å². The lowest BCUT2D eigenvalue weighted by Crippen LogP contribution is -2.51. The summed E-state index contributed by atoms with van der Waals surface area (Å²) >= 11 is 0. The first-order chi connectivity index (χ1) is 7.49. The van der Waals surface area contributed by atoms with E-state index >= 15 is 0 Å². The van der Waals surface area contributed by atoms with Crippen molar-refractivity contribution in [1.29, 1.82) is 0 Å². The predicted molar refractivity (Wildman–Crippen MR) is 69.7 cm³/mol. The molecule has 0 radical (unpaired) electrons. The van der Waals surface area contributed by atoms with E-state index in [9.17, 15) is 0 Å². The van der Waals surface area contributed by atoms with Gasteiger partial charge < -0.3 is 10.2 Å². The van der Waals surface area contributed by atoms with E-state index in [0.717, 1.165) is 12.0 Å². The number of hydrogen-bond donors (Lipinski definition) is 1. The fraction of sp³-hybridized carbons (Fsp3) is 1.00. The minimum Gasteiger partial charge on any atom is -0.307 e. The maximum absolute atomic E-state index is 3.92. The van der Waals surface area contributed by atoms with E-state index in [1.54, 1.807) is 0 Å². The van der Waals surface area contributed by atoms with Crippen LogP contribution in [0.2, 0.25) is 0 Å². The van der Waals surface area contributed by atoms with Crippen LogP contribution in [0.15, 0.2) is 0 Å². The molecule has 0 spiro atoms. The molecule has 2 atom stereocenters. The van der Waals surface area contributed by atoms with Crippen LogP contribution in [0.1, 0.15) is 52.9 Å². The Morgan fingerprint density at radius 2 is 1.81 bits per heavy atom. The molecule has 0 bridgehead atoms. The summed E-state index contributed by atoms with van der Waals surface area (Å²) in [7, 11) is 2.24. The number of nitrogens with zero attached hydrogens (tertiary/aromatic N) is 1. The lowest BCUT2D eigenvalue weighted by atomic mass is 9.85. The SMILES string of the molecule is CC1CC(NC(C)(C)C2CCCC2)CN1C. The molecule has 1 N–H and O–H groups in total. The van der Waals surface area contributed by atoms with Crippen LogP contribution < -0.4 is 5.32 Å². The molecular weight excluding hydrogens is 196 g/mol. The van der Waals surface area contributed by atoms with Crippen LogP contribution in [0.25, 0.3) is 0 Å². The Labute approximate surface area is 101 Å². The predicted octanol–water partition coefficient (Wildman–Crippen LogP) is 2.64. The Morgan fingerprint density at radius 1 is 1.19 bits per heavy atom. The van der Waals surface area contributed by atoms with Gasteiger partial charge in [-0.25, -0.2) is 0 Å². The monoisotopic (exact) mass is 224 g/mol. The molecule has 0 aromatic heterocycles. The molecule has 16 heavy (non-hydrogen) atoms. The van der Waals surface area contributed by atoms with Crippen molar-refractivity contribution < 1.29 is 0 Å². The van der Waals surface area contributed by atoms with Gasteiger partial charge in [0, 0.05) is 24.2 Å². The Hall–Kier alpha value is -0.0800. The van der Waals surface area contributed by atoms with Gasteiger partial charge in [0.1, 0.15) is 0 Å². The van der Waals surface area contributed by atoms with E-state index in [-0.39, 0.29) is 0 Å². The minimum atomic E-state index is 0.339. The van der Waals surface area contributed by atoms with Gasteiger partial charge in [-0.1, -0.05) is 12.8 Å². The Bertz CT molecular complexity index is 221. The Kier molecular flexibility index (Phi) is 3.60. The normalized spacial score (nSPS) is 33.8. The van der Waals surface area contributed by atoms with Gasteiger partial charge >= 0.3 is 0 Å². The number of likely N-dealkylation sites (tertiary alicyclic amines) is 1. The first kappa shape index (κ1) is 12.4. The Balaban J connectivity index is 1.88. The molecule has 2 nitrogen and oxygen atoms in total. The molecule has 2 aliphatic rings. The molecule has 1 saturated carbocycles. The van der Waals surface area contributed by atoms with Gasteiger partial charge in [-0.2, -0.15) is 0 Å². The Morgan fingerprint density at radius 3 is 2.31 bits per heavy atom. The second-order valence-corrected chi connectivity index (χ2v) is 6.57. The van der Waals surface area contributed by atoms with Crippen LogP contribution in [0.5, 0.6) is 0 Å². The fourth-order valence-corrected chi connectivity index (χ4v) is 3.59. The topological polar surface area (TPSA) is 15.3 Å². The van der Waals surface area contributed by atoms with Gasteiger partial charge in [0.25, 0.3) is 0 Å². The molecular formula is C14H28N2. The average Bonchev–Trinajstić information content (AvgIpc) is 2.77. The van der Waals surface area contributed by atoms with E-state index in [4.69, 9.17) is 0 Å². The van der Waals surface area contributed by atoms with Gasteiger partial charge in [-0.05, 0) is 53.0 Å². The highest BCUT2D eigenvalue weighted by atomic mass is 15.2. The zero-order chi connectivity index (χ0) is 11.8. The van der Waals surface area contributed by atoms with Crippen molar-refractivity contribution in [1.82, 2.24) is 10.2 Å². The first-order valence-corrected chi connectivity index (χ1v) is 6.97. The van der Waals surface area contributed by atoms with E-state index in [2.05, 4.69) is 38.0 Å². The number of likely N-dealkylation sites (N-methyl/N-ethyl adjacent to an activating group) is 1. The summed E-state index contributed by atoms with van der Waals surface area (Å²) in [5.41, 5.74) is 0.339. The third-order valence-corrected chi connectivity index (χ3v) is 4.84. The van der Waals surface area contributed by atoms with Crippen molar-refractivity contribution in [2.45, 2.75) is 70.5 Å². The van der Waals surface area contributed by atoms with Crippen LogP contribution in [-0.2, 0) is 0 Å². The summed E-state index contributed by atoms with van der Waals surface area (Å²) in [4.78, 5) is 2.47. The maximum atomic E-state index is 3.92. The second-order valence-electron chi connectivity index (χ2n) is 6.57. The molecule has 2 heteroatoms. The van der Waals surface area contributed by atoms with E-state index in [0.29, 0.717) is 11.6 Å². The smallest absolute Gasteiger partial charge is 0.0214 e. The molecule has 1 aliphatic carbocycles. The van der Waals surface area contributed by atoms with Crippen molar-refractivity contribution in [2.75, 3.05) is 13.6 Å². The van der Waals surface area contributed by atoms with Crippen molar-refractivity contribution >= 4 is 0 Å². The molecule has 94 valence electrons. The minimum absolute atomic E-state index is 0.339. The van der Waals surface area contributed by atoms with Crippen LogP contribution in [0.4, 0.5) is 0 Å². The maximum Gasteiger partial charge on any atom is 0.0214 e. The van der Waals surface area contributed by atoms with Crippen molar-refractivity contribution in [3.8, 4) is 0 Å². The number of nitrogens with one attached hydrogen (secondary N) is 1. The second kappa shape index (κ2) is 4.66. The number of hydrogen-bond acceptors (Lipinski definition) is 2. The van der Waals surface area contributed by atoms with Crippen LogP contribution in [0, 0.1) is 5.92 Å². The average molecular weight is 224 g/mol. The summed E-state index contributed by atoms with van der Waals surface area (Å²) in [6.45, 7) is 8.37. The summed E-state index contributed by atoms with van der Waals surface area (Å²) in [6.07, 6.45) is 7.05. The summed E-state index contributed by atoms with van der Waals surface area (Å²) < 4.78 is 0. The quantitative estimate of drug-likeness (QED) is 0.793. The summed E-state index contributed by atoms with van der Waals surface area (Å²) in [5, 5.41) is 3.92. The van der Waals surface area contributed by atoms with Gasteiger partial charge in [0.15, 0.2) is 0 Å².